The van der Waals surface area contributed by atoms with E-state index < -0.39 is 0 Å². The summed E-state index contributed by atoms with van der Waals surface area (Å²) < 4.78 is 0. The molecule has 19 heavy (non-hydrogen) atoms. The smallest absolute Gasteiger partial charge is 0.0657 e. The van der Waals surface area contributed by atoms with Crippen LogP contribution in [0.4, 0.5) is 0 Å². The first-order chi connectivity index (χ1) is 8.95. The minimum absolute atomic E-state index is 0.0223. The van der Waals surface area contributed by atoms with Crippen molar-refractivity contribution in [2.75, 3.05) is 6.54 Å². The first kappa shape index (κ1) is 12.6. The molecule has 5 saturated carbocycles. The van der Waals surface area contributed by atoms with E-state index >= 15 is 0 Å². The Morgan fingerprint density at radius 1 is 1.21 bits per heavy atom. The number of rotatable bonds is 4. The molecule has 0 aliphatic heterocycles. The van der Waals surface area contributed by atoms with Crippen molar-refractivity contribution in [3.05, 3.63) is 0 Å². The SMILES string of the molecule is CC(N)(CNC1C2CC3CC1CC(O)(C3)C2)C1CC1. The molecule has 3 unspecified atom stereocenters. The van der Waals surface area contributed by atoms with Crippen LogP contribution in [-0.2, 0) is 0 Å². The normalized spacial score (nSPS) is 51.3. The van der Waals surface area contributed by atoms with E-state index in [-0.39, 0.29) is 11.1 Å². The third-order valence-corrected chi connectivity index (χ3v) is 6.47. The van der Waals surface area contributed by atoms with Gasteiger partial charge in [0, 0.05) is 18.1 Å². The number of nitrogens with two attached hydrogens (primary N) is 1. The van der Waals surface area contributed by atoms with E-state index in [1.54, 1.807) is 0 Å². The first-order valence-corrected chi connectivity index (χ1v) is 8.20. The van der Waals surface area contributed by atoms with Gasteiger partial charge in [-0.1, -0.05) is 0 Å². The highest BCUT2D eigenvalue weighted by atomic mass is 16.3. The molecule has 108 valence electrons. The van der Waals surface area contributed by atoms with Crippen LogP contribution in [0.1, 0.15) is 51.9 Å². The summed E-state index contributed by atoms with van der Waals surface area (Å²) in [5.74, 6) is 2.94. The molecule has 0 aromatic heterocycles. The van der Waals surface area contributed by atoms with E-state index in [9.17, 15) is 5.11 Å². The van der Waals surface area contributed by atoms with Gasteiger partial charge in [0.05, 0.1) is 5.60 Å². The lowest BCUT2D eigenvalue weighted by Crippen LogP contribution is -2.63. The highest BCUT2D eigenvalue weighted by molar-refractivity contribution is 5.09. The van der Waals surface area contributed by atoms with Crippen molar-refractivity contribution >= 4 is 0 Å². The highest BCUT2D eigenvalue weighted by Gasteiger charge is 2.54. The molecule has 0 aromatic carbocycles. The molecule has 4 N–H and O–H groups in total. The lowest BCUT2D eigenvalue weighted by atomic mass is 9.52. The third-order valence-electron chi connectivity index (χ3n) is 6.47. The summed E-state index contributed by atoms with van der Waals surface area (Å²) in [5, 5.41) is 14.4. The minimum Gasteiger partial charge on any atom is -0.390 e. The average Bonchev–Trinajstić information content (AvgIpc) is 3.09. The van der Waals surface area contributed by atoms with Crippen LogP contribution in [0.2, 0.25) is 0 Å². The van der Waals surface area contributed by atoms with Crippen LogP contribution < -0.4 is 11.1 Å². The Hall–Kier alpha value is -0.120. The fraction of sp³-hybridized carbons (Fsp3) is 1.00. The Morgan fingerprint density at radius 2 is 1.84 bits per heavy atom. The molecule has 0 saturated heterocycles. The van der Waals surface area contributed by atoms with Gasteiger partial charge in [-0.25, -0.2) is 0 Å². The molecule has 5 fully saturated rings. The van der Waals surface area contributed by atoms with Gasteiger partial charge in [-0.05, 0) is 75.5 Å². The lowest BCUT2D eigenvalue weighted by molar-refractivity contribution is -0.139. The van der Waals surface area contributed by atoms with E-state index in [0.717, 1.165) is 37.6 Å². The minimum atomic E-state index is -0.308. The van der Waals surface area contributed by atoms with Crippen LogP contribution in [0, 0.1) is 23.7 Å². The van der Waals surface area contributed by atoms with Crippen LogP contribution in [0.15, 0.2) is 0 Å². The second kappa shape index (κ2) is 3.96. The Kier molecular flexibility index (Phi) is 2.63. The zero-order valence-electron chi connectivity index (χ0n) is 12.1. The maximum Gasteiger partial charge on any atom is 0.0657 e. The third kappa shape index (κ3) is 2.14. The molecule has 3 nitrogen and oxygen atoms in total. The molecular weight excluding hydrogens is 236 g/mol. The quantitative estimate of drug-likeness (QED) is 0.723. The second-order valence-electron chi connectivity index (χ2n) is 8.38. The molecule has 5 rings (SSSR count). The standard InChI is InChI=1S/C16H28N2O/c1-15(17,13-2-3-13)9-18-14-11-4-10-5-12(14)8-16(19,6-10)7-11/h10-14,18-19H,2-9,17H2,1H3. The molecule has 0 spiro atoms. The largest absolute Gasteiger partial charge is 0.390 e. The summed E-state index contributed by atoms with van der Waals surface area (Å²) >= 11 is 0. The van der Waals surface area contributed by atoms with Crippen molar-refractivity contribution in [1.82, 2.24) is 5.32 Å². The first-order valence-electron chi connectivity index (χ1n) is 8.20. The van der Waals surface area contributed by atoms with Gasteiger partial charge in [-0.2, -0.15) is 0 Å². The molecule has 0 radical (unpaired) electrons. The van der Waals surface area contributed by atoms with Crippen molar-refractivity contribution in [2.24, 2.45) is 29.4 Å². The van der Waals surface area contributed by atoms with Gasteiger partial charge in [0.1, 0.15) is 0 Å². The summed E-state index contributed by atoms with van der Waals surface area (Å²) in [5.41, 5.74) is 6.11. The molecule has 3 heteroatoms. The number of nitrogens with one attached hydrogen (secondary N) is 1. The van der Waals surface area contributed by atoms with Crippen molar-refractivity contribution in [3.8, 4) is 0 Å². The zero-order valence-corrected chi connectivity index (χ0v) is 12.1. The van der Waals surface area contributed by atoms with Crippen molar-refractivity contribution in [1.29, 1.82) is 0 Å². The average molecular weight is 264 g/mol. The maximum atomic E-state index is 10.6. The van der Waals surface area contributed by atoms with Crippen LogP contribution in [0.25, 0.3) is 0 Å². The maximum absolute atomic E-state index is 10.6. The molecule has 0 heterocycles. The summed E-state index contributed by atoms with van der Waals surface area (Å²) in [6, 6.07) is 0.624. The number of aliphatic hydroxyl groups is 1. The molecule has 0 aromatic rings. The van der Waals surface area contributed by atoms with Crippen LogP contribution >= 0.6 is 0 Å². The second-order valence-corrected chi connectivity index (χ2v) is 8.38. The molecule has 0 amide bonds. The van der Waals surface area contributed by atoms with Gasteiger partial charge < -0.3 is 16.2 Å². The summed E-state index contributed by atoms with van der Waals surface area (Å²) in [7, 11) is 0. The molecule has 4 bridgehead atoms. The van der Waals surface area contributed by atoms with Crippen molar-refractivity contribution in [3.63, 3.8) is 0 Å². The Morgan fingerprint density at radius 3 is 2.37 bits per heavy atom. The van der Waals surface area contributed by atoms with Crippen molar-refractivity contribution < 1.29 is 5.11 Å². The van der Waals surface area contributed by atoms with Gasteiger partial charge in [-0.3, -0.25) is 0 Å². The fourth-order valence-electron chi connectivity index (χ4n) is 5.54. The molecular formula is C16H28N2O. The highest BCUT2D eigenvalue weighted by Crippen LogP contribution is 2.55. The van der Waals surface area contributed by atoms with E-state index in [4.69, 9.17) is 5.73 Å². The Labute approximate surface area is 116 Å². The van der Waals surface area contributed by atoms with Gasteiger partial charge in [0.25, 0.3) is 0 Å². The predicted octanol–water partition coefficient (Wildman–Crippen LogP) is 1.64. The van der Waals surface area contributed by atoms with E-state index in [2.05, 4.69) is 12.2 Å². The summed E-state index contributed by atoms with van der Waals surface area (Å²) in [6.07, 6.45) is 8.43. The molecule has 5 aliphatic rings. The monoisotopic (exact) mass is 264 g/mol. The van der Waals surface area contributed by atoms with Gasteiger partial charge in [0.2, 0.25) is 0 Å². The Bertz CT molecular complexity index is 361. The molecule has 3 atom stereocenters. The van der Waals surface area contributed by atoms with E-state index in [0.29, 0.717) is 17.9 Å². The van der Waals surface area contributed by atoms with Crippen LogP contribution in [0.3, 0.4) is 0 Å². The fourth-order valence-corrected chi connectivity index (χ4v) is 5.54. The topological polar surface area (TPSA) is 58.3 Å². The van der Waals surface area contributed by atoms with Gasteiger partial charge in [-0.15, -0.1) is 0 Å². The Balaban J connectivity index is 1.42. The van der Waals surface area contributed by atoms with E-state index in [1.165, 1.54) is 25.7 Å². The van der Waals surface area contributed by atoms with Crippen molar-refractivity contribution in [2.45, 2.75) is 69.1 Å². The summed E-state index contributed by atoms with van der Waals surface area (Å²) in [6.45, 7) is 3.17. The lowest BCUT2D eigenvalue weighted by Gasteiger charge is -2.58. The number of hydrogen-bond acceptors (Lipinski definition) is 3. The van der Waals surface area contributed by atoms with Gasteiger partial charge in [0.15, 0.2) is 0 Å². The van der Waals surface area contributed by atoms with Crippen LogP contribution in [-0.4, -0.2) is 28.8 Å². The summed E-state index contributed by atoms with van der Waals surface area (Å²) in [4.78, 5) is 0. The van der Waals surface area contributed by atoms with Gasteiger partial charge >= 0.3 is 0 Å². The van der Waals surface area contributed by atoms with Crippen LogP contribution in [0.5, 0.6) is 0 Å². The van der Waals surface area contributed by atoms with E-state index in [1.807, 2.05) is 0 Å². The predicted molar refractivity (Wildman–Crippen MR) is 75.6 cm³/mol. The zero-order chi connectivity index (χ0) is 13.3. The molecule has 5 aliphatic carbocycles. The number of hydrogen-bond donors (Lipinski definition) is 3.